The first-order valence-corrected chi connectivity index (χ1v) is 22.6. The monoisotopic (exact) mass is 739 g/mol. The molecule has 9 aromatic rings. The molecule has 1 aliphatic carbocycles. The van der Waals surface area contributed by atoms with Crippen LogP contribution in [0.1, 0.15) is 25.0 Å². The van der Waals surface area contributed by atoms with Crippen molar-refractivity contribution in [3.63, 3.8) is 0 Å². The SMILES string of the molecule is CC1(C)c2ccccc2-c2c1ccc1c3ccccc3n(-c3nc(-c4ccccc4)nc4[c]3[Ge]([c]3ccccc3)([c]3ccccc3)[c]3ccccc3-4)c21. The Balaban J connectivity index is 1.39. The van der Waals surface area contributed by atoms with Crippen LogP contribution in [0.5, 0.6) is 0 Å². The molecule has 250 valence electrons. The van der Waals surface area contributed by atoms with Crippen molar-refractivity contribution in [2.75, 3.05) is 0 Å². The number of aromatic nitrogens is 3. The summed E-state index contributed by atoms with van der Waals surface area (Å²) in [6, 6.07) is 64.7. The van der Waals surface area contributed by atoms with Gasteiger partial charge in [-0.1, -0.05) is 0 Å². The Morgan fingerprint density at radius 1 is 0.509 bits per heavy atom. The maximum absolute atomic E-state index is 5.80. The second-order valence-corrected chi connectivity index (χ2v) is 22.6. The van der Waals surface area contributed by atoms with Gasteiger partial charge in [-0.15, -0.1) is 0 Å². The Morgan fingerprint density at radius 2 is 1.11 bits per heavy atom. The summed E-state index contributed by atoms with van der Waals surface area (Å²) >= 11 is -3.80. The second kappa shape index (κ2) is 11.2. The zero-order valence-electron chi connectivity index (χ0n) is 29.6. The Hall–Kier alpha value is -6.04. The van der Waals surface area contributed by atoms with E-state index in [0.717, 1.165) is 28.4 Å². The quantitative estimate of drug-likeness (QED) is 0.169. The van der Waals surface area contributed by atoms with Crippen molar-refractivity contribution in [1.82, 2.24) is 14.5 Å². The molecule has 0 N–H and O–H groups in total. The van der Waals surface area contributed by atoms with Gasteiger partial charge >= 0.3 is 313 Å². The maximum atomic E-state index is 5.80. The van der Waals surface area contributed by atoms with E-state index in [-0.39, 0.29) is 5.41 Å². The first-order chi connectivity index (χ1) is 26.1. The molecule has 0 fully saturated rings. The van der Waals surface area contributed by atoms with Gasteiger partial charge in [-0.3, -0.25) is 0 Å². The fourth-order valence-corrected chi connectivity index (χ4v) is 20.5. The molecule has 3 heterocycles. The van der Waals surface area contributed by atoms with E-state index in [1.54, 1.807) is 0 Å². The van der Waals surface area contributed by atoms with Crippen molar-refractivity contribution in [3.05, 3.63) is 187 Å². The van der Waals surface area contributed by atoms with Crippen molar-refractivity contribution < 1.29 is 0 Å². The normalized spacial score (nSPS) is 14.5. The Kier molecular flexibility index (Phi) is 6.48. The fraction of sp³-hybridized carbons (Fsp3) is 0.0612. The van der Waals surface area contributed by atoms with E-state index < -0.39 is 13.3 Å². The average molecular weight is 738 g/mol. The molecule has 0 spiro atoms. The predicted molar refractivity (Wildman–Crippen MR) is 222 cm³/mol. The van der Waals surface area contributed by atoms with Crippen LogP contribution in [0.25, 0.3) is 61.4 Å². The van der Waals surface area contributed by atoms with E-state index >= 15 is 0 Å². The number of rotatable bonds is 4. The Labute approximate surface area is 311 Å². The fourth-order valence-electron chi connectivity index (χ4n) is 9.62. The van der Waals surface area contributed by atoms with Gasteiger partial charge in [0.05, 0.1) is 0 Å². The molecule has 4 heteroatoms. The summed E-state index contributed by atoms with van der Waals surface area (Å²) in [7, 11) is 0. The van der Waals surface area contributed by atoms with E-state index in [9.17, 15) is 0 Å². The third-order valence-corrected chi connectivity index (χ3v) is 22.1. The Bertz CT molecular complexity index is 2870. The van der Waals surface area contributed by atoms with Gasteiger partial charge in [0.15, 0.2) is 0 Å². The van der Waals surface area contributed by atoms with Gasteiger partial charge in [-0.25, -0.2) is 0 Å². The molecular weight excluding hydrogens is 703 g/mol. The standard InChI is InChI=1S/C49H35GeN3/c1-49(2)39-27-15-12-25-37(39)43-40(49)31-30-36-35-24-14-17-29-42(35)53(46(36)43)48-44-45(51-47(52-48)32-18-6-3-7-19-32)38-26-13-16-28-41(38)50(44,33-20-8-4-9-21-33)34-22-10-5-11-23-34/h3-31H,1-2H3. The van der Waals surface area contributed by atoms with Crippen LogP contribution >= 0.6 is 0 Å². The minimum atomic E-state index is -3.80. The van der Waals surface area contributed by atoms with Gasteiger partial charge in [0.1, 0.15) is 0 Å². The topological polar surface area (TPSA) is 30.7 Å². The summed E-state index contributed by atoms with van der Waals surface area (Å²) in [4.78, 5) is 11.4. The molecule has 0 saturated carbocycles. The molecule has 1 aliphatic heterocycles. The van der Waals surface area contributed by atoms with Crippen LogP contribution in [0, 0.1) is 0 Å². The molecule has 2 aromatic heterocycles. The van der Waals surface area contributed by atoms with E-state index in [0.29, 0.717) is 0 Å². The zero-order valence-corrected chi connectivity index (χ0v) is 31.7. The Morgan fingerprint density at radius 3 is 1.85 bits per heavy atom. The zero-order chi connectivity index (χ0) is 35.3. The molecule has 2 aliphatic rings. The van der Waals surface area contributed by atoms with Crippen molar-refractivity contribution in [2.45, 2.75) is 19.3 Å². The summed E-state index contributed by atoms with van der Waals surface area (Å²) in [6.07, 6.45) is 0. The molecule has 0 radical (unpaired) electrons. The summed E-state index contributed by atoms with van der Waals surface area (Å²) in [5.41, 5.74) is 10.8. The van der Waals surface area contributed by atoms with Gasteiger partial charge in [-0.05, 0) is 0 Å². The van der Waals surface area contributed by atoms with Crippen LogP contribution in [0.2, 0.25) is 0 Å². The number of hydrogen-bond donors (Lipinski definition) is 0. The van der Waals surface area contributed by atoms with Gasteiger partial charge in [0.25, 0.3) is 0 Å². The van der Waals surface area contributed by atoms with E-state index in [2.05, 4.69) is 194 Å². The molecule has 11 rings (SSSR count). The average Bonchev–Trinajstić information content (AvgIpc) is 3.80. The third-order valence-electron chi connectivity index (χ3n) is 11.9. The van der Waals surface area contributed by atoms with Crippen LogP contribution in [-0.2, 0) is 5.41 Å². The number of nitrogens with zero attached hydrogens (tertiary/aromatic N) is 3. The van der Waals surface area contributed by atoms with Crippen LogP contribution in [0.3, 0.4) is 0 Å². The van der Waals surface area contributed by atoms with Crippen LogP contribution < -0.4 is 17.6 Å². The summed E-state index contributed by atoms with van der Waals surface area (Å²) in [5.74, 6) is 1.73. The molecule has 0 bridgehead atoms. The van der Waals surface area contributed by atoms with E-state index in [1.807, 2.05) is 0 Å². The summed E-state index contributed by atoms with van der Waals surface area (Å²) in [5, 5.41) is 2.47. The van der Waals surface area contributed by atoms with Crippen molar-refractivity contribution in [3.8, 4) is 39.6 Å². The van der Waals surface area contributed by atoms with Crippen LogP contribution in [-0.4, -0.2) is 27.8 Å². The van der Waals surface area contributed by atoms with Crippen molar-refractivity contribution in [1.29, 1.82) is 0 Å². The first kappa shape index (κ1) is 30.6. The summed E-state index contributed by atoms with van der Waals surface area (Å²) in [6.45, 7) is 4.74. The number of benzene rings is 7. The van der Waals surface area contributed by atoms with Crippen molar-refractivity contribution >= 4 is 52.7 Å². The molecule has 0 amide bonds. The van der Waals surface area contributed by atoms with Gasteiger partial charge < -0.3 is 0 Å². The molecule has 0 atom stereocenters. The molecule has 3 nitrogen and oxygen atoms in total. The first-order valence-electron chi connectivity index (χ1n) is 18.4. The molecule has 0 saturated heterocycles. The van der Waals surface area contributed by atoms with E-state index in [1.165, 1.54) is 61.7 Å². The second-order valence-electron chi connectivity index (χ2n) is 14.9. The van der Waals surface area contributed by atoms with Gasteiger partial charge in [0, 0.05) is 0 Å². The molecule has 53 heavy (non-hydrogen) atoms. The van der Waals surface area contributed by atoms with Crippen molar-refractivity contribution in [2.24, 2.45) is 0 Å². The van der Waals surface area contributed by atoms with E-state index in [4.69, 9.17) is 9.97 Å². The third kappa shape index (κ3) is 4.06. The minimum absolute atomic E-state index is 0.143. The molecule has 7 aromatic carbocycles. The predicted octanol–water partition coefficient (Wildman–Crippen LogP) is 8.90. The van der Waals surface area contributed by atoms with Crippen LogP contribution in [0.4, 0.5) is 0 Å². The molecule has 0 unspecified atom stereocenters. The summed E-state index contributed by atoms with van der Waals surface area (Å²) < 4.78 is 7.97. The number of para-hydroxylation sites is 1. The number of fused-ring (bicyclic) bond motifs is 10. The van der Waals surface area contributed by atoms with Crippen LogP contribution in [0.15, 0.2) is 176 Å². The number of hydrogen-bond acceptors (Lipinski definition) is 2. The van der Waals surface area contributed by atoms with Gasteiger partial charge in [0.2, 0.25) is 0 Å². The van der Waals surface area contributed by atoms with Gasteiger partial charge in [-0.2, -0.15) is 0 Å². The molecular formula is C49H35GeN3.